The lowest BCUT2D eigenvalue weighted by molar-refractivity contribution is -0.138. The highest BCUT2D eigenvalue weighted by Gasteiger charge is 2.35. The van der Waals surface area contributed by atoms with E-state index in [0.717, 1.165) is 11.8 Å². The molecule has 0 aliphatic heterocycles. The largest absolute Gasteiger partial charge is 0.497 e. The van der Waals surface area contributed by atoms with Gasteiger partial charge in [0, 0.05) is 12.0 Å². The molecular weight excluding hydrogens is 257 g/mol. The summed E-state index contributed by atoms with van der Waals surface area (Å²) in [7, 11) is 1.56. The first kappa shape index (κ1) is 13.5. The third kappa shape index (κ3) is 2.92. The standard InChI is InChI=1S/C14H13F3O2/c1-9-12(14(15,16)17)8-19-13(9)7-10-3-5-11(18-2)6-4-10/h3-6,8H,7H2,1-2H3. The van der Waals surface area contributed by atoms with Gasteiger partial charge in [0.05, 0.1) is 12.7 Å². The number of alkyl halides is 3. The zero-order chi connectivity index (χ0) is 14.0. The summed E-state index contributed by atoms with van der Waals surface area (Å²) in [6, 6.07) is 7.12. The maximum absolute atomic E-state index is 12.6. The molecule has 0 bridgehead atoms. The summed E-state index contributed by atoms with van der Waals surface area (Å²) < 4.78 is 47.9. The minimum absolute atomic E-state index is 0.142. The van der Waals surface area contributed by atoms with Crippen molar-refractivity contribution >= 4 is 0 Å². The molecule has 1 aromatic carbocycles. The molecular formula is C14H13F3O2. The average Bonchev–Trinajstić information content (AvgIpc) is 2.72. The van der Waals surface area contributed by atoms with Crippen LogP contribution in [-0.4, -0.2) is 7.11 Å². The molecule has 2 aromatic rings. The van der Waals surface area contributed by atoms with E-state index in [4.69, 9.17) is 9.15 Å². The lowest BCUT2D eigenvalue weighted by atomic mass is 10.1. The molecule has 2 rings (SSSR count). The Morgan fingerprint density at radius 2 is 1.79 bits per heavy atom. The Kier molecular flexibility index (Phi) is 3.55. The van der Waals surface area contributed by atoms with Crippen molar-refractivity contribution in [1.82, 2.24) is 0 Å². The van der Waals surface area contributed by atoms with Gasteiger partial charge in [-0.05, 0) is 24.6 Å². The Hall–Kier alpha value is -1.91. The van der Waals surface area contributed by atoms with Crippen LogP contribution >= 0.6 is 0 Å². The van der Waals surface area contributed by atoms with Gasteiger partial charge >= 0.3 is 6.18 Å². The molecule has 0 aliphatic rings. The van der Waals surface area contributed by atoms with Crippen LogP contribution in [0.15, 0.2) is 34.9 Å². The number of hydrogen-bond donors (Lipinski definition) is 0. The molecule has 0 amide bonds. The summed E-state index contributed by atoms with van der Waals surface area (Å²) in [6.07, 6.45) is -3.27. The Morgan fingerprint density at radius 1 is 1.16 bits per heavy atom. The van der Waals surface area contributed by atoms with E-state index in [0.29, 0.717) is 17.9 Å². The Balaban J connectivity index is 2.21. The van der Waals surface area contributed by atoms with Crippen LogP contribution in [0.3, 0.4) is 0 Å². The minimum Gasteiger partial charge on any atom is -0.497 e. The highest BCUT2D eigenvalue weighted by Crippen LogP contribution is 2.34. The third-order valence-corrected chi connectivity index (χ3v) is 2.97. The van der Waals surface area contributed by atoms with Crippen LogP contribution in [0.25, 0.3) is 0 Å². The molecule has 0 aliphatic carbocycles. The number of methoxy groups -OCH3 is 1. The van der Waals surface area contributed by atoms with E-state index >= 15 is 0 Å². The van der Waals surface area contributed by atoms with Crippen LogP contribution in [-0.2, 0) is 12.6 Å². The molecule has 102 valence electrons. The SMILES string of the molecule is COc1ccc(Cc2occ(C(F)(F)F)c2C)cc1. The molecule has 0 spiro atoms. The van der Waals surface area contributed by atoms with Crippen molar-refractivity contribution in [2.75, 3.05) is 7.11 Å². The topological polar surface area (TPSA) is 22.4 Å². The fourth-order valence-electron chi connectivity index (χ4n) is 1.84. The van der Waals surface area contributed by atoms with E-state index in [9.17, 15) is 13.2 Å². The summed E-state index contributed by atoms with van der Waals surface area (Å²) in [5, 5.41) is 0. The Bertz CT molecular complexity index is 553. The molecule has 0 saturated heterocycles. The number of ether oxygens (including phenoxy) is 1. The quantitative estimate of drug-likeness (QED) is 0.833. The first-order chi connectivity index (χ1) is 8.91. The van der Waals surface area contributed by atoms with E-state index in [1.165, 1.54) is 6.92 Å². The molecule has 0 fully saturated rings. The summed E-state index contributed by atoms with van der Waals surface area (Å²) in [6.45, 7) is 1.42. The monoisotopic (exact) mass is 270 g/mol. The molecule has 0 atom stereocenters. The van der Waals surface area contributed by atoms with Crippen molar-refractivity contribution in [1.29, 1.82) is 0 Å². The van der Waals surface area contributed by atoms with Gasteiger partial charge in [0.25, 0.3) is 0 Å². The number of halogens is 3. The predicted octanol–water partition coefficient (Wildman–Crippen LogP) is 4.21. The van der Waals surface area contributed by atoms with E-state index in [1.54, 1.807) is 31.4 Å². The molecule has 0 saturated carbocycles. The zero-order valence-electron chi connectivity index (χ0n) is 10.5. The summed E-state index contributed by atoms with van der Waals surface area (Å²) in [5.74, 6) is 1.04. The van der Waals surface area contributed by atoms with Crippen molar-refractivity contribution in [3.63, 3.8) is 0 Å². The van der Waals surface area contributed by atoms with Gasteiger partial charge < -0.3 is 9.15 Å². The molecule has 0 N–H and O–H groups in total. The van der Waals surface area contributed by atoms with Gasteiger partial charge in [0.15, 0.2) is 0 Å². The van der Waals surface area contributed by atoms with Gasteiger partial charge in [-0.1, -0.05) is 12.1 Å². The van der Waals surface area contributed by atoms with Crippen molar-refractivity contribution < 1.29 is 22.3 Å². The zero-order valence-corrected chi connectivity index (χ0v) is 10.5. The van der Waals surface area contributed by atoms with Gasteiger partial charge in [-0.15, -0.1) is 0 Å². The van der Waals surface area contributed by atoms with Gasteiger partial charge in [-0.3, -0.25) is 0 Å². The van der Waals surface area contributed by atoms with Crippen LogP contribution < -0.4 is 4.74 Å². The fraction of sp³-hybridized carbons (Fsp3) is 0.286. The third-order valence-electron chi connectivity index (χ3n) is 2.97. The van der Waals surface area contributed by atoms with Crippen LogP contribution in [0.1, 0.15) is 22.5 Å². The van der Waals surface area contributed by atoms with Crippen molar-refractivity contribution in [2.24, 2.45) is 0 Å². The van der Waals surface area contributed by atoms with Gasteiger partial charge in [-0.25, -0.2) is 0 Å². The van der Waals surface area contributed by atoms with E-state index < -0.39 is 11.7 Å². The van der Waals surface area contributed by atoms with Gasteiger partial charge in [-0.2, -0.15) is 13.2 Å². The van der Waals surface area contributed by atoms with Gasteiger partial charge in [0.2, 0.25) is 0 Å². The van der Waals surface area contributed by atoms with Gasteiger partial charge in [0.1, 0.15) is 17.8 Å². The molecule has 0 unspecified atom stereocenters. The van der Waals surface area contributed by atoms with Crippen molar-refractivity contribution in [3.05, 3.63) is 53.0 Å². The summed E-state index contributed by atoms with van der Waals surface area (Å²) in [5.41, 5.74) is 0.298. The first-order valence-corrected chi connectivity index (χ1v) is 5.69. The smallest absolute Gasteiger partial charge is 0.419 e. The second-order valence-corrected chi connectivity index (χ2v) is 4.22. The van der Waals surface area contributed by atoms with E-state index in [2.05, 4.69) is 0 Å². The second-order valence-electron chi connectivity index (χ2n) is 4.22. The van der Waals surface area contributed by atoms with Crippen LogP contribution in [0, 0.1) is 6.92 Å². The minimum atomic E-state index is -4.37. The van der Waals surface area contributed by atoms with E-state index in [1.807, 2.05) is 0 Å². The first-order valence-electron chi connectivity index (χ1n) is 5.69. The predicted molar refractivity (Wildman–Crippen MR) is 64.2 cm³/mol. The molecule has 1 heterocycles. The number of benzene rings is 1. The van der Waals surface area contributed by atoms with E-state index in [-0.39, 0.29) is 5.56 Å². The normalized spacial score (nSPS) is 11.6. The van der Waals surface area contributed by atoms with Crippen molar-refractivity contribution in [3.8, 4) is 5.75 Å². The highest BCUT2D eigenvalue weighted by molar-refractivity contribution is 5.34. The maximum Gasteiger partial charge on any atom is 0.419 e. The lowest BCUT2D eigenvalue weighted by Crippen LogP contribution is -2.05. The molecule has 2 nitrogen and oxygen atoms in total. The van der Waals surface area contributed by atoms with Crippen LogP contribution in [0.5, 0.6) is 5.75 Å². The highest BCUT2D eigenvalue weighted by atomic mass is 19.4. The number of furan rings is 1. The molecule has 19 heavy (non-hydrogen) atoms. The lowest BCUT2D eigenvalue weighted by Gasteiger charge is -2.05. The maximum atomic E-state index is 12.6. The van der Waals surface area contributed by atoms with Crippen molar-refractivity contribution in [2.45, 2.75) is 19.5 Å². The number of rotatable bonds is 3. The van der Waals surface area contributed by atoms with Crippen LogP contribution in [0.2, 0.25) is 0 Å². The molecule has 1 aromatic heterocycles. The second kappa shape index (κ2) is 4.99. The molecule has 5 heteroatoms. The average molecular weight is 270 g/mol. The van der Waals surface area contributed by atoms with Crippen LogP contribution in [0.4, 0.5) is 13.2 Å². The summed E-state index contributed by atoms with van der Waals surface area (Å²) >= 11 is 0. The number of hydrogen-bond acceptors (Lipinski definition) is 2. The fourth-order valence-corrected chi connectivity index (χ4v) is 1.84. The molecule has 0 radical (unpaired) electrons. The summed E-state index contributed by atoms with van der Waals surface area (Å²) in [4.78, 5) is 0. The Labute approximate surface area is 108 Å². The Morgan fingerprint density at radius 3 is 2.26 bits per heavy atom.